The van der Waals surface area contributed by atoms with Crippen LogP contribution in [-0.2, 0) is 23.7 Å². The molecule has 2 fully saturated rings. The Morgan fingerprint density at radius 2 is 1.38 bits per heavy atom. The zero-order chi connectivity index (χ0) is 24.4. The van der Waals surface area contributed by atoms with Crippen molar-refractivity contribution >= 4 is 0 Å². The highest BCUT2D eigenvalue weighted by Crippen LogP contribution is 2.36. The van der Waals surface area contributed by atoms with Crippen LogP contribution in [0.4, 0.5) is 0 Å². The minimum Gasteiger partial charge on any atom is -0.394 e. The van der Waals surface area contributed by atoms with Gasteiger partial charge in [0.05, 0.1) is 36.6 Å². The summed E-state index contributed by atoms with van der Waals surface area (Å²) in [4.78, 5) is 0. The third-order valence-corrected chi connectivity index (χ3v) is 5.65. The maximum Gasteiger partial charge on any atom is 0.187 e. The van der Waals surface area contributed by atoms with E-state index >= 15 is 0 Å². The minimum atomic E-state index is -1.60. The monoisotopic (exact) mass is 468 g/mol. The number of aliphatic hydroxyl groups is 6. The molecule has 2 aliphatic rings. The summed E-state index contributed by atoms with van der Waals surface area (Å²) < 4.78 is 28.4. The summed E-state index contributed by atoms with van der Waals surface area (Å²) in [5.74, 6) is -0.997. The van der Waals surface area contributed by atoms with Crippen LogP contribution >= 0.6 is 0 Å². The average molecular weight is 469 g/mol. The van der Waals surface area contributed by atoms with Crippen molar-refractivity contribution in [1.29, 1.82) is 0 Å². The molecule has 0 bridgehead atoms. The number of hydrogen-bond acceptors (Lipinski definition) is 11. The lowest BCUT2D eigenvalue weighted by Gasteiger charge is -2.49. The lowest BCUT2D eigenvalue weighted by atomic mass is 9.78. The fourth-order valence-corrected chi connectivity index (χ4v) is 4.07. The highest BCUT2D eigenvalue weighted by Gasteiger charge is 2.53. The van der Waals surface area contributed by atoms with Gasteiger partial charge >= 0.3 is 0 Å². The number of rotatable bonds is 8. The van der Waals surface area contributed by atoms with E-state index in [1.807, 2.05) is 20.8 Å². The van der Waals surface area contributed by atoms with Gasteiger partial charge in [-0.15, -0.1) is 0 Å². The second-order valence-electron chi connectivity index (χ2n) is 9.89. The molecule has 6 N–H and O–H groups in total. The zero-order valence-corrected chi connectivity index (χ0v) is 19.6. The van der Waals surface area contributed by atoms with Crippen LogP contribution in [0.5, 0.6) is 0 Å². The molecule has 0 amide bonds. The summed E-state index contributed by atoms with van der Waals surface area (Å²) in [6, 6.07) is 0. The van der Waals surface area contributed by atoms with Gasteiger partial charge in [0.15, 0.2) is 12.6 Å². The Labute approximate surface area is 188 Å². The Balaban J connectivity index is 2.23. The molecule has 32 heavy (non-hydrogen) atoms. The molecule has 0 spiro atoms. The van der Waals surface area contributed by atoms with Gasteiger partial charge in [0, 0.05) is 12.5 Å². The van der Waals surface area contributed by atoms with E-state index in [4.69, 9.17) is 23.7 Å². The summed E-state index contributed by atoms with van der Waals surface area (Å²) in [7, 11) is 0. The van der Waals surface area contributed by atoms with E-state index in [1.54, 1.807) is 6.92 Å². The lowest BCUT2D eigenvalue weighted by molar-refractivity contribution is -0.363. The Bertz CT molecular complexity index is 573. The molecular weight excluding hydrogens is 428 g/mol. The van der Waals surface area contributed by atoms with Crippen molar-refractivity contribution in [3.05, 3.63) is 0 Å². The summed E-state index contributed by atoms with van der Waals surface area (Å²) in [5.41, 5.74) is -1.99. The molecule has 0 saturated carbocycles. The number of ether oxygens (including phenoxy) is 5. The summed E-state index contributed by atoms with van der Waals surface area (Å²) in [6.45, 7) is 9.76. The molecule has 2 rings (SSSR count). The molecule has 6 unspecified atom stereocenters. The first-order chi connectivity index (χ1) is 14.7. The first-order valence-electron chi connectivity index (χ1n) is 11.0. The minimum absolute atomic E-state index is 0.0252. The molecule has 190 valence electrons. The molecule has 0 aromatic rings. The quantitative estimate of drug-likeness (QED) is 0.245. The highest BCUT2D eigenvalue weighted by atomic mass is 16.7. The van der Waals surface area contributed by atoms with E-state index in [0.29, 0.717) is 0 Å². The fraction of sp³-hybridized carbons (Fsp3) is 1.00. The molecule has 2 saturated heterocycles. The topological polar surface area (TPSA) is 168 Å². The lowest BCUT2D eigenvalue weighted by Crippen LogP contribution is -2.65. The van der Waals surface area contributed by atoms with Gasteiger partial charge < -0.3 is 54.3 Å². The Hall–Kier alpha value is -0.440. The molecule has 0 aromatic carbocycles. The van der Waals surface area contributed by atoms with Crippen molar-refractivity contribution in [2.75, 3.05) is 19.8 Å². The van der Waals surface area contributed by atoms with Gasteiger partial charge in [-0.25, -0.2) is 0 Å². The van der Waals surface area contributed by atoms with Crippen LogP contribution in [0.2, 0.25) is 0 Å². The largest absolute Gasteiger partial charge is 0.394 e. The van der Waals surface area contributed by atoms with Crippen molar-refractivity contribution in [3.8, 4) is 0 Å². The van der Waals surface area contributed by atoms with Gasteiger partial charge in [-0.2, -0.15) is 0 Å². The van der Waals surface area contributed by atoms with Gasteiger partial charge in [-0.3, -0.25) is 0 Å². The summed E-state index contributed by atoms with van der Waals surface area (Å²) >= 11 is 0. The fourth-order valence-electron chi connectivity index (χ4n) is 4.07. The first-order valence-corrected chi connectivity index (χ1v) is 11.0. The summed E-state index contributed by atoms with van der Waals surface area (Å²) in [6.07, 6.45) is -11.8. The van der Waals surface area contributed by atoms with Crippen LogP contribution in [0.25, 0.3) is 0 Å². The van der Waals surface area contributed by atoms with E-state index in [9.17, 15) is 30.6 Å². The van der Waals surface area contributed by atoms with Crippen molar-refractivity contribution in [2.24, 2.45) is 5.92 Å². The van der Waals surface area contributed by atoms with Gasteiger partial charge in [-0.1, -0.05) is 0 Å². The molecule has 0 radical (unpaired) electrons. The third-order valence-electron chi connectivity index (χ3n) is 5.65. The van der Waals surface area contributed by atoms with E-state index in [0.717, 1.165) is 0 Å². The van der Waals surface area contributed by atoms with Crippen molar-refractivity contribution in [3.63, 3.8) is 0 Å². The Morgan fingerprint density at radius 3 is 1.88 bits per heavy atom. The van der Waals surface area contributed by atoms with Crippen LogP contribution in [0.1, 0.15) is 41.5 Å². The third kappa shape index (κ3) is 6.57. The molecule has 2 heterocycles. The number of aliphatic hydroxyl groups excluding tert-OH is 5. The maximum atomic E-state index is 10.7. The second kappa shape index (κ2) is 10.9. The van der Waals surface area contributed by atoms with Crippen molar-refractivity contribution in [2.45, 2.75) is 108 Å². The van der Waals surface area contributed by atoms with E-state index < -0.39 is 79.0 Å². The Kier molecular flexibility index (Phi) is 9.45. The summed E-state index contributed by atoms with van der Waals surface area (Å²) in [5, 5.41) is 62.5. The molecule has 0 aliphatic carbocycles. The van der Waals surface area contributed by atoms with Gasteiger partial charge in [-0.05, 0) is 41.5 Å². The Morgan fingerprint density at radius 1 is 0.812 bits per heavy atom. The van der Waals surface area contributed by atoms with E-state index in [1.165, 1.54) is 13.8 Å². The van der Waals surface area contributed by atoms with Crippen LogP contribution in [0.3, 0.4) is 0 Å². The molecule has 11 nitrogen and oxygen atoms in total. The average Bonchev–Trinajstić information content (AvgIpc) is 2.67. The van der Waals surface area contributed by atoms with Crippen LogP contribution in [-0.4, -0.2) is 117 Å². The van der Waals surface area contributed by atoms with Crippen LogP contribution < -0.4 is 0 Å². The van der Waals surface area contributed by atoms with Gasteiger partial charge in [0.25, 0.3) is 0 Å². The highest BCUT2D eigenvalue weighted by molar-refractivity contribution is 4.98. The second-order valence-corrected chi connectivity index (χ2v) is 9.89. The molecule has 0 aromatic heterocycles. The van der Waals surface area contributed by atoms with E-state index in [-0.39, 0.29) is 13.2 Å². The van der Waals surface area contributed by atoms with E-state index in [2.05, 4.69) is 0 Å². The predicted octanol–water partition coefficient (Wildman–Crippen LogP) is -1.50. The molecule has 2 aliphatic heterocycles. The first kappa shape index (κ1) is 27.8. The number of hydrogen-bond donors (Lipinski definition) is 6. The van der Waals surface area contributed by atoms with Gasteiger partial charge in [0.1, 0.15) is 30.5 Å². The van der Waals surface area contributed by atoms with Crippen LogP contribution in [0.15, 0.2) is 0 Å². The SMILES string of the molecule is CCO[C@@H]1OC(COC(C)(C)C)[C@H](O[C@@H]2OC(CO)[C@H](C(C)(C)O)C(O)C2O)C(O)C1O. The zero-order valence-electron chi connectivity index (χ0n) is 19.6. The predicted molar refractivity (Wildman–Crippen MR) is 110 cm³/mol. The van der Waals surface area contributed by atoms with Crippen molar-refractivity contribution < 1.29 is 54.3 Å². The normalized spacial score (nSPS) is 41.6. The molecule has 11 heteroatoms. The maximum absolute atomic E-state index is 10.7. The van der Waals surface area contributed by atoms with Crippen LogP contribution in [0, 0.1) is 5.92 Å². The standard InChI is InChI=1S/C21H40O11/c1-7-28-18-16(26)14(24)17(11(31-18)9-29-20(2,3)4)32-19-15(25)13(23)12(21(5,6)27)10(8-22)30-19/h10-19,22-27H,7-9H2,1-6H3/t10?,11?,12-,13?,14?,15?,16?,17-,18+,19-/m0/s1. The smallest absolute Gasteiger partial charge is 0.187 e. The van der Waals surface area contributed by atoms with Crippen molar-refractivity contribution in [1.82, 2.24) is 0 Å². The molecular formula is C21H40O11. The molecule has 10 atom stereocenters. The van der Waals surface area contributed by atoms with Gasteiger partial charge in [0.2, 0.25) is 0 Å².